The van der Waals surface area contributed by atoms with Crippen molar-refractivity contribution < 1.29 is 9.84 Å². The minimum Gasteiger partial charge on any atom is -0.388 e. The molecule has 1 aromatic heterocycles. The lowest BCUT2D eigenvalue weighted by Crippen LogP contribution is -2.42. The fraction of sp³-hybridized carbons (Fsp3) is 0.833. The lowest BCUT2D eigenvalue weighted by atomic mass is 9.94. The molecule has 0 bridgehead atoms. The molecule has 0 spiro atoms. The summed E-state index contributed by atoms with van der Waals surface area (Å²) in [5.41, 5.74) is -0.710. The molecule has 1 saturated heterocycles. The number of nitrogens with zero attached hydrogens (tertiary/aromatic N) is 2. The van der Waals surface area contributed by atoms with Crippen molar-refractivity contribution in [3.8, 4) is 0 Å². The normalized spacial score (nSPS) is 19.8. The number of hydrogen-bond acceptors (Lipinski definition) is 6. The van der Waals surface area contributed by atoms with E-state index in [0.717, 1.165) is 11.0 Å². The van der Waals surface area contributed by atoms with Gasteiger partial charge in [0.25, 0.3) is 0 Å². The maximum atomic E-state index is 10.3. The molecule has 0 atom stereocenters. The predicted molar refractivity (Wildman–Crippen MR) is 72.1 cm³/mol. The molecule has 0 aromatic carbocycles. The molecule has 6 heteroatoms. The molecule has 0 radical (unpaired) electrons. The molecule has 0 unspecified atom stereocenters. The van der Waals surface area contributed by atoms with Gasteiger partial charge in [-0.15, -0.1) is 0 Å². The predicted octanol–water partition coefficient (Wildman–Crippen LogP) is 1.79. The molecule has 2 N–H and O–H groups in total. The van der Waals surface area contributed by atoms with Gasteiger partial charge in [0.15, 0.2) is 0 Å². The molecular weight excluding hydrogens is 250 g/mol. The molecule has 18 heavy (non-hydrogen) atoms. The molecule has 1 aliphatic rings. The van der Waals surface area contributed by atoms with Crippen LogP contribution in [0, 0.1) is 0 Å². The van der Waals surface area contributed by atoms with Gasteiger partial charge in [-0.25, -0.2) is 4.98 Å². The number of anilines is 1. The third-order valence-corrected chi connectivity index (χ3v) is 3.76. The average Bonchev–Trinajstić information content (AvgIpc) is 2.76. The highest BCUT2D eigenvalue weighted by Crippen LogP contribution is 2.25. The van der Waals surface area contributed by atoms with Crippen molar-refractivity contribution in [3.63, 3.8) is 0 Å². The van der Waals surface area contributed by atoms with Crippen LogP contribution < -0.4 is 5.32 Å². The first kappa shape index (κ1) is 13.7. The number of aromatic nitrogens is 2. The van der Waals surface area contributed by atoms with E-state index < -0.39 is 5.60 Å². The Hall–Kier alpha value is -0.720. The lowest BCUT2D eigenvalue weighted by Gasteiger charge is -2.31. The Kier molecular flexibility index (Phi) is 3.89. The number of hydrogen-bond donors (Lipinski definition) is 2. The van der Waals surface area contributed by atoms with Crippen molar-refractivity contribution >= 4 is 16.7 Å². The van der Waals surface area contributed by atoms with Crippen molar-refractivity contribution in [3.05, 3.63) is 5.82 Å². The van der Waals surface area contributed by atoms with Crippen LogP contribution in [0.5, 0.6) is 0 Å². The standard InChI is InChI=1S/C12H21N3O2S/c1-11(2,3)9-14-10(18-15-9)13-8-12(16)4-6-17-7-5-12/h16H,4-8H2,1-3H3,(H,13,14,15). The second kappa shape index (κ2) is 5.11. The minimum absolute atomic E-state index is 0.0357. The van der Waals surface area contributed by atoms with Crippen LogP contribution in [0.15, 0.2) is 0 Å². The average molecular weight is 271 g/mol. The van der Waals surface area contributed by atoms with E-state index in [2.05, 4.69) is 35.4 Å². The summed E-state index contributed by atoms with van der Waals surface area (Å²) in [7, 11) is 0. The molecule has 5 nitrogen and oxygen atoms in total. The second-order valence-corrected chi connectivity index (χ2v) is 6.62. The van der Waals surface area contributed by atoms with E-state index in [-0.39, 0.29) is 5.41 Å². The summed E-state index contributed by atoms with van der Waals surface area (Å²) < 4.78 is 9.59. The summed E-state index contributed by atoms with van der Waals surface area (Å²) in [5, 5.41) is 14.3. The molecule has 0 saturated carbocycles. The highest BCUT2D eigenvalue weighted by atomic mass is 32.1. The van der Waals surface area contributed by atoms with Crippen molar-refractivity contribution in [2.45, 2.75) is 44.6 Å². The Bertz CT molecular complexity index is 394. The Balaban J connectivity index is 1.92. The Morgan fingerprint density at radius 1 is 1.39 bits per heavy atom. The van der Waals surface area contributed by atoms with Crippen LogP contribution in [0.3, 0.4) is 0 Å². The zero-order chi connectivity index (χ0) is 13.2. The topological polar surface area (TPSA) is 67.3 Å². The molecule has 2 heterocycles. The van der Waals surface area contributed by atoms with Gasteiger partial charge in [0.1, 0.15) is 5.82 Å². The molecule has 1 aromatic rings. The van der Waals surface area contributed by atoms with Crippen LogP contribution >= 0.6 is 11.5 Å². The first-order valence-corrected chi connectivity index (χ1v) is 7.05. The highest BCUT2D eigenvalue weighted by molar-refractivity contribution is 7.09. The molecular formula is C12H21N3O2S. The summed E-state index contributed by atoms with van der Waals surface area (Å²) in [6.45, 7) is 8.03. The van der Waals surface area contributed by atoms with Crippen LogP contribution in [-0.2, 0) is 10.2 Å². The summed E-state index contributed by atoms with van der Waals surface area (Å²) in [5.74, 6) is 0.842. The second-order valence-electron chi connectivity index (χ2n) is 5.86. The summed E-state index contributed by atoms with van der Waals surface area (Å²) in [4.78, 5) is 4.45. The number of rotatable bonds is 3. The van der Waals surface area contributed by atoms with Crippen LogP contribution in [0.4, 0.5) is 5.13 Å². The van der Waals surface area contributed by atoms with Gasteiger partial charge in [-0.1, -0.05) is 20.8 Å². The van der Waals surface area contributed by atoms with E-state index in [0.29, 0.717) is 32.6 Å². The zero-order valence-corrected chi connectivity index (χ0v) is 12.0. The Labute approximate surface area is 112 Å². The number of ether oxygens (including phenoxy) is 1. The van der Waals surface area contributed by atoms with Gasteiger partial charge < -0.3 is 15.2 Å². The van der Waals surface area contributed by atoms with Gasteiger partial charge in [0.05, 0.1) is 5.60 Å². The van der Waals surface area contributed by atoms with E-state index in [9.17, 15) is 5.11 Å². The largest absolute Gasteiger partial charge is 0.388 e. The van der Waals surface area contributed by atoms with Crippen LogP contribution in [0.1, 0.15) is 39.4 Å². The van der Waals surface area contributed by atoms with Gasteiger partial charge in [-0.2, -0.15) is 4.37 Å². The zero-order valence-electron chi connectivity index (χ0n) is 11.2. The van der Waals surface area contributed by atoms with E-state index in [1.807, 2.05) is 0 Å². The molecule has 1 aliphatic heterocycles. The molecule has 1 fully saturated rings. The van der Waals surface area contributed by atoms with E-state index in [1.165, 1.54) is 11.5 Å². The monoisotopic (exact) mass is 271 g/mol. The van der Waals surface area contributed by atoms with E-state index in [1.54, 1.807) is 0 Å². The smallest absolute Gasteiger partial charge is 0.202 e. The Morgan fingerprint density at radius 3 is 2.61 bits per heavy atom. The third-order valence-electron chi connectivity index (χ3n) is 3.09. The lowest BCUT2D eigenvalue weighted by molar-refractivity contribution is -0.0543. The van der Waals surface area contributed by atoms with Crippen molar-refractivity contribution in [2.75, 3.05) is 25.1 Å². The molecule has 2 rings (SSSR count). The number of nitrogens with one attached hydrogen (secondary N) is 1. The molecule has 0 amide bonds. The van der Waals surface area contributed by atoms with Gasteiger partial charge >= 0.3 is 0 Å². The summed E-state index contributed by atoms with van der Waals surface area (Å²) in [6, 6.07) is 0. The number of aliphatic hydroxyl groups is 1. The maximum absolute atomic E-state index is 10.3. The van der Waals surface area contributed by atoms with Crippen molar-refractivity contribution in [1.82, 2.24) is 9.36 Å². The van der Waals surface area contributed by atoms with E-state index >= 15 is 0 Å². The molecule has 102 valence electrons. The van der Waals surface area contributed by atoms with Gasteiger partial charge in [-0.3, -0.25) is 0 Å². The van der Waals surface area contributed by atoms with Crippen molar-refractivity contribution in [2.24, 2.45) is 0 Å². The minimum atomic E-state index is -0.675. The van der Waals surface area contributed by atoms with Crippen LogP contribution in [0.2, 0.25) is 0 Å². The third kappa shape index (κ3) is 3.40. The van der Waals surface area contributed by atoms with E-state index in [4.69, 9.17) is 4.74 Å². The quantitative estimate of drug-likeness (QED) is 0.877. The fourth-order valence-corrected chi connectivity index (χ4v) is 2.52. The SMILES string of the molecule is CC(C)(C)c1nsc(NCC2(O)CCOCC2)n1. The molecule has 0 aliphatic carbocycles. The fourth-order valence-electron chi connectivity index (χ4n) is 1.77. The summed E-state index contributed by atoms with van der Waals surface area (Å²) >= 11 is 1.35. The first-order valence-electron chi connectivity index (χ1n) is 6.27. The summed E-state index contributed by atoms with van der Waals surface area (Å²) in [6.07, 6.45) is 1.34. The Morgan fingerprint density at radius 2 is 2.06 bits per heavy atom. The van der Waals surface area contributed by atoms with Gasteiger partial charge in [0.2, 0.25) is 5.13 Å². The highest BCUT2D eigenvalue weighted by Gasteiger charge is 2.30. The van der Waals surface area contributed by atoms with Gasteiger partial charge in [-0.05, 0) is 0 Å². The van der Waals surface area contributed by atoms with Crippen molar-refractivity contribution in [1.29, 1.82) is 0 Å². The first-order chi connectivity index (χ1) is 8.39. The van der Waals surface area contributed by atoms with Gasteiger partial charge in [0, 0.05) is 49.5 Å². The van der Waals surface area contributed by atoms with Crippen LogP contribution in [-0.4, -0.2) is 39.8 Å². The van der Waals surface area contributed by atoms with Crippen LogP contribution in [0.25, 0.3) is 0 Å². The maximum Gasteiger partial charge on any atom is 0.202 e.